The van der Waals surface area contributed by atoms with Gasteiger partial charge in [0.25, 0.3) is 5.91 Å². The highest BCUT2D eigenvalue weighted by Crippen LogP contribution is 2.32. The molecule has 2 aromatic carbocycles. The van der Waals surface area contributed by atoms with E-state index in [1.54, 1.807) is 4.68 Å². The van der Waals surface area contributed by atoms with Gasteiger partial charge in [0, 0.05) is 0 Å². The number of hydrogen-bond acceptors (Lipinski definition) is 8. The van der Waals surface area contributed by atoms with Gasteiger partial charge in [0.15, 0.2) is 5.69 Å². The molecule has 0 radical (unpaired) electrons. The van der Waals surface area contributed by atoms with Crippen molar-refractivity contribution in [3.63, 3.8) is 0 Å². The fraction of sp³-hybridized carbons (Fsp3) is 0.464. The lowest BCUT2D eigenvalue weighted by molar-refractivity contribution is 0.00364. The zero-order chi connectivity index (χ0) is 27.4. The number of carbonyl (C=O) groups excluding carboxylic acids is 1. The molecule has 0 saturated carbocycles. The minimum absolute atomic E-state index is 0.00293. The van der Waals surface area contributed by atoms with Crippen LogP contribution in [0.15, 0.2) is 48.5 Å². The number of hydrogen-bond donors (Lipinski definition) is 2. The van der Waals surface area contributed by atoms with Gasteiger partial charge >= 0.3 is 0 Å². The highest BCUT2D eigenvalue weighted by atomic mass is 16.6. The molecule has 3 aromatic rings. The summed E-state index contributed by atoms with van der Waals surface area (Å²) in [5, 5.41) is 19.9. The Hall–Kier alpha value is -3.31. The summed E-state index contributed by atoms with van der Waals surface area (Å²) in [6, 6.07) is 15.3. The predicted octanol–water partition coefficient (Wildman–Crippen LogP) is 3.55. The SMILES string of the molecule is Cc1c(C(=O)Nc2cc(C(C)(C)C)ccc2OCCOCCOCCOCCO)nnn1-c1ccccc1. The number of nitrogens with zero attached hydrogens (tertiary/aromatic N) is 3. The molecule has 10 nitrogen and oxygen atoms in total. The predicted molar refractivity (Wildman–Crippen MR) is 144 cm³/mol. The van der Waals surface area contributed by atoms with Crippen LogP contribution < -0.4 is 10.1 Å². The van der Waals surface area contributed by atoms with Gasteiger partial charge in [0.2, 0.25) is 0 Å². The van der Waals surface area contributed by atoms with E-state index in [0.717, 1.165) is 11.3 Å². The molecule has 38 heavy (non-hydrogen) atoms. The first kappa shape index (κ1) is 29.2. The lowest BCUT2D eigenvalue weighted by Gasteiger charge is -2.21. The van der Waals surface area contributed by atoms with Gasteiger partial charge in [-0.2, -0.15) is 0 Å². The third-order valence-electron chi connectivity index (χ3n) is 5.67. The van der Waals surface area contributed by atoms with E-state index >= 15 is 0 Å². The van der Waals surface area contributed by atoms with Crippen LogP contribution >= 0.6 is 0 Å². The molecule has 1 amide bonds. The molecule has 206 valence electrons. The molecule has 0 unspecified atom stereocenters. The van der Waals surface area contributed by atoms with Crippen LogP contribution in [0.2, 0.25) is 0 Å². The van der Waals surface area contributed by atoms with Crippen LogP contribution in [0.3, 0.4) is 0 Å². The molecular weight excluding hydrogens is 488 g/mol. The molecule has 0 fully saturated rings. The Morgan fingerprint density at radius 3 is 2.18 bits per heavy atom. The van der Waals surface area contributed by atoms with Crippen LogP contribution in [0.1, 0.15) is 42.5 Å². The summed E-state index contributed by atoms with van der Waals surface area (Å²) in [5.41, 5.74) is 3.21. The second-order valence-electron chi connectivity index (χ2n) is 9.60. The molecule has 3 rings (SSSR count). The molecule has 0 saturated heterocycles. The molecule has 0 spiro atoms. The number of rotatable bonds is 15. The van der Waals surface area contributed by atoms with E-state index in [2.05, 4.69) is 36.4 Å². The number of aromatic nitrogens is 3. The van der Waals surface area contributed by atoms with Crippen LogP contribution in [0.25, 0.3) is 5.69 Å². The third-order valence-corrected chi connectivity index (χ3v) is 5.67. The van der Waals surface area contributed by atoms with Gasteiger partial charge in [-0.1, -0.05) is 50.3 Å². The zero-order valence-corrected chi connectivity index (χ0v) is 22.6. The quantitative estimate of drug-likeness (QED) is 0.289. The lowest BCUT2D eigenvalue weighted by atomic mass is 9.87. The molecule has 10 heteroatoms. The second-order valence-corrected chi connectivity index (χ2v) is 9.60. The van der Waals surface area contributed by atoms with Gasteiger partial charge in [-0.3, -0.25) is 4.79 Å². The minimum Gasteiger partial charge on any atom is -0.489 e. The van der Waals surface area contributed by atoms with Crippen LogP contribution in [0.4, 0.5) is 5.69 Å². The number of aliphatic hydroxyl groups is 1. The minimum atomic E-state index is -0.364. The molecule has 0 aliphatic rings. The summed E-state index contributed by atoms with van der Waals surface area (Å²) in [4.78, 5) is 13.2. The molecule has 2 N–H and O–H groups in total. The smallest absolute Gasteiger partial charge is 0.278 e. The third kappa shape index (κ3) is 8.63. The van der Waals surface area contributed by atoms with Crippen LogP contribution in [0.5, 0.6) is 5.75 Å². The van der Waals surface area contributed by atoms with Crippen LogP contribution in [-0.4, -0.2) is 78.9 Å². The number of amides is 1. The second kappa shape index (κ2) is 14.6. The zero-order valence-electron chi connectivity index (χ0n) is 22.6. The molecule has 0 bridgehead atoms. The largest absolute Gasteiger partial charge is 0.489 e. The van der Waals surface area contributed by atoms with E-state index < -0.39 is 0 Å². The maximum absolute atomic E-state index is 13.2. The van der Waals surface area contributed by atoms with Crippen molar-refractivity contribution < 1.29 is 28.8 Å². The van der Waals surface area contributed by atoms with Gasteiger partial charge in [-0.05, 0) is 42.2 Å². The molecule has 0 atom stereocenters. The Morgan fingerprint density at radius 1 is 0.921 bits per heavy atom. The van der Waals surface area contributed by atoms with Gasteiger partial charge in [-0.15, -0.1) is 5.10 Å². The van der Waals surface area contributed by atoms with Crippen LogP contribution in [-0.2, 0) is 19.6 Å². The summed E-state index contributed by atoms with van der Waals surface area (Å²) < 4.78 is 23.7. The fourth-order valence-corrected chi connectivity index (χ4v) is 3.57. The van der Waals surface area contributed by atoms with Crippen molar-refractivity contribution in [3.05, 3.63) is 65.5 Å². The topological polar surface area (TPSA) is 117 Å². The lowest BCUT2D eigenvalue weighted by Crippen LogP contribution is -2.18. The van der Waals surface area contributed by atoms with Crippen LogP contribution in [0, 0.1) is 6.92 Å². The Kier molecular flexibility index (Phi) is 11.2. The summed E-state index contributed by atoms with van der Waals surface area (Å²) in [6.07, 6.45) is 0. The van der Waals surface area contributed by atoms with Crippen molar-refractivity contribution in [1.29, 1.82) is 0 Å². The van der Waals surface area contributed by atoms with E-state index in [0.29, 0.717) is 63.4 Å². The summed E-state index contributed by atoms with van der Waals surface area (Å²) in [6.45, 7) is 10.9. The van der Waals surface area contributed by atoms with Crippen molar-refractivity contribution in [3.8, 4) is 11.4 Å². The van der Waals surface area contributed by atoms with Gasteiger partial charge in [0.1, 0.15) is 12.4 Å². The van der Waals surface area contributed by atoms with E-state index in [4.69, 9.17) is 24.1 Å². The van der Waals surface area contributed by atoms with E-state index in [9.17, 15) is 4.79 Å². The Bertz CT molecular complexity index is 1140. The van der Waals surface area contributed by atoms with E-state index in [1.807, 2.05) is 55.5 Å². The number of anilines is 1. The molecule has 0 aliphatic carbocycles. The van der Waals surface area contributed by atoms with Crippen molar-refractivity contribution >= 4 is 11.6 Å². The molecule has 0 aliphatic heterocycles. The summed E-state index contributed by atoms with van der Waals surface area (Å²) >= 11 is 0. The van der Waals surface area contributed by atoms with Crippen molar-refractivity contribution in [2.75, 3.05) is 58.2 Å². The Morgan fingerprint density at radius 2 is 1.55 bits per heavy atom. The summed E-state index contributed by atoms with van der Waals surface area (Å²) in [5.74, 6) is 0.178. The number of carbonyl (C=O) groups is 1. The highest BCUT2D eigenvalue weighted by molar-refractivity contribution is 6.04. The summed E-state index contributed by atoms with van der Waals surface area (Å²) in [7, 11) is 0. The first-order valence-electron chi connectivity index (χ1n) is 12.7. The van der Waals surface area contributed by atoms with E-state index in [-0.39, 0.29) is 23.6 Å². The van der Waals surface area contributed by atoms with Gasteiger partial charge in [-0.25, -0.2) is 4.68 Å². The average Bonchev–Trinajstić information content (AvgIpc) is 3.29. The van der Waals surface area contributed by atoms with Gasteiger partial charge < -0.3 is 29.4 Å². The van der Waals surface area contributed by atoms with Crippen molar-refractivity contribution in [1.82, 2.24) is 15.0 Å². The highest BCUT2D eigenvalue weighted by Gasteiger charge is 2.21. The first-order chi connectivity index (χ1) is 18.3. The Balaban J connectivity index is 1.59. The molecule has 1 heterocycles. The maximum atomic E-state index is 13.2. The number of ether oxygens (including phenoxy) is 4. The molecular formula is C28H38N4O6. The number of para-hydroxylation sites is 1. The first-order valence-corrected chi connectivity index (χ1v) is 12.7. The van der Waals surface area contributed by atoms with Gasteiger partial charge in [0.05, 0.1) is 63.3 Å². The van der Waals surface area contributed by atoms with E-state index in [1.165, 1.54) is 0 Å². The normalized spacial score (nSPS) is 11.5. The fourth-order valence-electron chi connectivity index (χ4n) is 3.57. The molecule has 1 aromatic heterocycles. The standard InChI is InChI=1S/C28H38N4O6/c1-21-26(30-31-32(21)23-8-6-5-7-9-23)27(34)29-24-20-22(28(2,3)4)10-11-25(24)38-19-18-37-17-16-36-15-14-35-13-12-33/h5-11,20,33H,12-19H2,1-4H3,(H,29,34). The Labute approximate surface area is 223 Å². The number of benzene rings is 2. The maximum Gasteiger partial charge on any atom is 0.278 e. The average molecular weight is 527 g/mol. The number of aliphatic hydroxyl groups excluding tert-OH is 1. The monoisotopic (exact) mass is 526 g/mol. The van der Waals surface area contributed by atoms with Crippen molar-refractivity contribution in [2.45, 2.75) is 33.1 Å². The number of nitrogens with one attached hydrogen (secondary N) is 1. The van der Waals surface area contributed by atoms with Crippen molar-refractivity contribution in [2.24, 2.45) is 0 Å².